The van der Waals surface area contributed by atoms with Crippen LogP contribution < -0.4 is 10.1 Å². The molecule has 2 nitrogen and oxygen atoms in total. The molecule has 0 atom stereocenters. The van der Waals surface area contributed by atoms with Gasteiger partial charge in [0.25, 0.3) is 0 Å². The van der Waals surface area contributed by atoms with Crippen LogP contribution in [0.3, 0.4) is 0 Å². The Morgan fingerprint density at radius 2 is 1.55 bits per heavy atom. The van der Waals surface area contributed by atoms with Crippen LogP contribution in [-0.2, 0) is 6.54 Å². The fourth-order valence-corrected chi connectivity index (χ4v) is 2.24. The van der Waals surface area contributed by atoms with E-state index in [-0.39, 0.29) is 0 Å². The maximum Gasteiger partial charge on any atom is 0.119 e. The van der Waals surface area contributed by atoms with Crippen molar-refractivity contribution in [3.05, 3.63) is 58.7 Å². The molecule has 0 aromatic heterocycles. The lowest BCUT2D eigenvalue weighted by molar-refractivity contribution is 0.340. The predicted molar refractivity (Wildman–Crippen MR) is 85.6 cm³/mol. The third-order valence-electron chi connectivity index (χ3n) is 3.60. The molecule has 0 saturated carbocycles. The summed E-state index contributed by atoms with van der Waals surface area (Å²) in [4.78, 5) is 0. The fourth-order valence-electron chi connectivity index (χ4n) is 2.24. The van der Waals surface area contributed by atoms with E-state index in [1.807, 2.05) is 19.1 Å². The molecule has 0 saturated heterocycles. The minimum atomic E-state index is 0.703. The SMILES string of the molecule is CCOc1ccc(NCc2cc(C)c(C)cc2C)cc1. The standard InChI is InChI=1S/C18H23NO/c1-5-20-18-8-6-17(7-9-18)19-12-16-11-14(3)13(2)10-15(16)4/h6-11,19H,5,12H2,1-4H3. The lowest BCUT2D eigenvalue weighted by Gasteiger charge is -2.12. The smallest absolute Gasteiger partial charge is 0.119 e. The first-order valence-electron chi connectivity index (χ1n) is 7.13. The molecule has 0 amide bonds. The van der Waals surface area contributed by atoms with E-state index in [2.05, 4.69) is 50.4 Å². The van der Waals surface area contributed by atoms with Gasteiger partial charge in [-0.05, 0) is 74.2 Å². The van der Waals surface area contributed by atoms with Gasteiger partial charge in [-0.3, -0.25) is 0 Å². The van der Waals surface area contributed by atoms with Gasteiger partial charge >= 0.3 is 0 Å². The highest BCUT2D eigenvalue weighted by Crippen LogP contribution is 2.19. The van der Waals surface area contributed by atoms with Crippen molar-refractivity contribution in [1.29, 1.82) is 0 Å². The third kappa shape index (κ3) is 3.53. The maximum absolute atomic E-state index is 5.44. The zero-order valence-corrected chi connectivity index (χ0v) is 12.8. The van der Waals surface area contributed by atoms with Gasteiger partial charge in [0.15, 0.2) is 0 Å². The van der Waals surface area contributed by atoms with Crippen LogP contribution in [-0.4, -0.2) is 6.61 Å². The number of hydrogen-bond acceptors (Lipinski definition) is 2. The van der Waals surface area contributed by atoms with E-state index in [0.29, 0.717) is 6.61 Å². The summed E-state index contributed by atoms with van der Waals surface area (Å²) in [6.45, 7) is 10.0. The van der Waals surface area contributed by atoms with Crippen molar-refractivity contribution in [1.82, 2.24) is 0 Å². The molecule has 0 spiro atoms. The molecule has 2 rings (SSSR count). The number of nitrogens with one attached hydrogen (secondary N) is 1. The fraction of sp³-hybridized carbons (Fsp3) is 0.333. The Balaban J connectivity index is 2.03. The molecule has 0 unspecified atom stereocenters. The Bertz CT molecular complexity index is 573. The molecular formula is C18H23NO. The first kappa shape index (κ1) is 14.4. The number of benzene rings is 2. The highest BCUT2D eigenvalue weighted by Gasteiger charge is 2.02. The second-order valence-corrected chi connectivity index (χ2v) is 5.17. The largest absolute Gasteiger partial charge is 0.494 e. The van der Waals surface area contributed by atoms with E-state index in [1.165, 1.54) is 22.3 Å². The minimum Gasteiger partial charge on any atom is -0.494 e. The summed E-state index contributed by atoms with van der Waals surface area (Å²) in [5.41, 5.74) is 6.51. The summed E-state index contributed by atoms with van der Waals surface area (Å²) in [5, 5.41) is 3.46. The molecule has 0 radical (unpaired) electrons. The Kier molecular flexibility index (Phi) is 4.67. The van der Waals surface area contributed by atoms with Gasteiger partial charge in [-0.1, -0.05) is 12.1 Å². The van der Waals surface area contributed by atoms with Crippen molar-refractivity contribution in [2.75, 3.05) is 11.9 Å². The van der Waals surface area contributed by atoms with Gasteiger partial charge in [-0.25, -0.2) is 0 Å². The molecule has 20 heavy (non-hydrogen) atoms. The summed E-state index contributed by atoms with van der Waals surface area (Å²) in [5.74, 6) is 0.917. The zero-order chi connectivity index (χ0) is 14.5. The van der Waals surface area contributed by atoms with Crippen LogP contribution >= 0.6 is 0 Å². The molecule has 1 N–H and O–H groups in total. The monoisotopic (exact) mass is 269 g/mol. The van der Waals surface area contributed by atoms with Crippen molar-refractivity contribution in [3.63, 3.8) is 0 Å². The second kappa shape index (κ2) is 6.47. The number of rotatable bonds is 5. The summed E-state index contributed by atoms with van der Waals surface area (Å²) in [6.07, 6.45) is 0. The molecule has 0 heterocycles. The quantitative estimate of drug-likeness (QED) is 0.855. The summed E-state index contributed by atoms with van der Waals surface area (Å²) >= 11 is 0. The predicted octanol–water partition coefficient (Wildman–Crippen LogP) is 4.62. The van der Waals surface area contributed by atoms with Gasteiger partial charge < -0.3 is 10.1 Å². The van der Waals surface area contributed by atoms with Gasteiger partial charge in [0.2, 0.25) is 0 Å². The van der Waals surface area contributed by atoms with E-state index >= 15 is 0 Å². The maximum atomic E-state index is 5.44. The highest BCUT2D eigenvalue weighted by atomic mass is 16.5. The van der Waals surface area contributed by atoms with E-state index in [9.17, 15) is 0 Å². The van der Waals surface area contributed by atoms with Gasteiger partial charge in [0, 0.05) is 12.2 Å². The van der Waals surface area contributed by atoms with E-state index in [4.69, 9.17) is 4.74 Å². The van der Waals surface area contributed by atoms with Crippen molar-refractivity contribution >= 4 is 5.69 Å². The van der Waals surface area contributed by atoms with E-state index in [1.54, 1.807) is 0 Å². The molecule has 0 fully saturated rings. The molecule has 0 aliphatic rings. The lowest BCUT2D eigenvalue weighted by atomic mass is 10.0. The van der Waals surface area contributed by atoms with Crippen molar-refractivity contribution in [2.24, 2.45) is 0 Å². The first-order chi connectivity index (χ1) is 9.60. The molecule has 0 aliphatic heterocycles. The highest BCUT2D eigenvalue weighted by molar-refractivity contribution is 5.47. The van der Waals surface area contributed by atoms with Crippen molar-refractivity contribution in [3.8, 4) is 5.75 Å². The molecule has 0 aliphatic carbocycles. The molecule has 2 aromatic carbocycles. The Morgan fingerprint density at radius 3 is 2.20 bits per heavy atom. The van der Waals surface area contributed by atoms with Crippen LogP contribution in [0.5, 0.6) is 5.75 Å². The van der Waals surface area contributed by atoms with Crippen molar-refractivity contribution < 1.29 is 4.74 Å². The van der Waals surface area contributed by atoms with Gasteiger partial charge in [-0.2, -0.15) is 0 Å². The summed E-state index contributed by atoms with van der Waals surface area (Å²) < 4.78 is 5.44. The molecule has 2 heteroatoms. The average Bonchev–Trinajstić information content (AvgIpc) is 2.43. The van der Waals surface area contributed by atoms with Crippen LogP contribution in [0.1, 0.15) is 29.2 Å². The zero-order valence-electron chi connectivity index (χ0n) is 12.8. The lowest BCUT2D eigenvalue weighted by Crippen LogP contribution is -2.02. The number of ether oxygens (including phenoxy) is 1. The van der Waals surface area contributed by atoms with Gasteiger partial charge in [0.1, 0.15) is 5.75 Å². The topological polar surface area (TPSA) is 21.3 Å². The third-order valence-corrected chi connectivity index (χ3v) is 3.60. The van der Waals surface area contributed by atoms with Crippen LogP contribution in [0.4, 0.5) is 5.69 Å². The van der Waals surface area contributed by atoms with Crippen LogP contribution in [0.2, 0.25) is 0 Å². The number of hydrogen-bond donors (Lipinski definition) is 1. The van der Waals surface area contributed by atoms with E-state index in [0.717, 1.165) is 18.0 Å². The number of anilines is 1. The Hall–Kier alpha value is -1.96. The van der Waals surface area contributed by atoms with E-state index < -0.39 is 0 Å². The van der Waals surface area contributed by atoms with Crippen LogP contribution in [0.15, 0.2) is 36.4 Å². The van der Waals surface area contributed by atoms with Crippen LogP contribution in [0.25, 0.3) is 0 Å². The van der Waals surface area contributed by atoms with Gasteiger partial charge in [0.05, 0.1) is 6.61 Å². The molecule has 106 valence electrons. The van der Waals surface area contributed by atoms with Crippen LogP contribution in [0, 0.1) is 20.8 Å². The second-order valence-electron chi connectivity index (χ2n) is 5.17. The first-order valence-corrected chi connectivity index (χ1v) is 7.13. The van der Waals surface area contributed by atoms with Crippen molar-refractivity contribution in [2.45, 2.75) is 34.2 Å². The summed E-state index contributed by atoms with van der Waals surface area (Å²) in [6, 6.07) is 12.6. The molecule has 0 bridgehead atoms. The summed E-state index contributed by atoms with van der Waals surface area (Å²) in [7, 11) is 0. The minimum absolute atomic E-state index is 0.703. The normalized spacial score (nSPS) is 10.4. The van der Waals surface area contributed by atoms with Gasteiger partial charge in [-0.15, -0.1) is 0 Å². The number of aryl methyl sites for hydroxylation is 3. The Labute approximate surface area is 121 Å². The molecular weight excluding hydrogens is 246 g/mol. The Morgan fingerprint density at radius 1 is 0.900 bits per heavy atom. The average molecular weight is 269 g/mol. The molecule has 2 aromatic rings.